The molecular weight excluding hydrogens is 807 g/mol. The largest absolute Gasteiger partial charge is 0.464 e. The molecule has 0 saturated heterocycles. The van der Waals surface area contributed by atoms with Crippen LogP contribution in [0.3, 0.4) is 0 Å². The molecule has 9 aromatic carbocycles. The summed E-state index contributed by atoms with van der Waals surface area (Å²) >= 11 is 0. The van der Waals surface area contributed by atoms with Crippen molar-refractivity contribution in [1.82, 2.24) is 24.5 Å². The first-order chi connectivity index (χ1) is 32.7. The van der Waals surface area contributed by atoms with Gasteiger partial charge in [-0.2, -0.15) is 0 Å². The summed E-state index contributed by atoms with van der Waals surface area (Å²) < 4.78 is 8.37. The highest BCUT2D eigenvalue weighted by molar-refractivity contribution is 6.29. The van der Waals surface area contributed by atoms with E-state index < -0.39 is 0 Å². The van der Waals surface area contributed by atoms with E-state index >= 15 is 0 Å². The number of nitrogens with zero attached hydrogens (tertiary/aromatic N) is 5. The molecule has 0 bridgehead atoms. The number of aromatic nitrogens is 5. The van der Waals surface area contributed by atoms with Crippen molar-refractivity contribution in [2.45, 2.75) is 0 Å². The Morgan fingerprint density at radius 2 is 0.985 bits per heavy atom. The van der Waals surface area contributed by atoms with E-state index in [-0.39, 0.29) is 0 Å². The van der Waals surface area contributed by atoms with Gasteiger partial charge in [-0.25, -0.2) is 9.97 Å². The van der Waals surface area contributed by atoms with E-state index in [0.717, 1.165) is 105 Å². The molecule has 0 fully saturated rings. The second kappa shape index (κ2) is 14.3. The van der Waals surface area contributed by atoms with Crippen molar-refractivity contribution in [3.05, 3.63) is 213 Å². The summed E-state index contributed by atoms with van der Waals surface area (Å²) in [5, 5.41) is 12.6. The first kappa shape index (κ1) is 36.5. The molecule has 0 saturated carbocycles. The average molecular weight is 842 g/mol. The maximum absolute atomic E-state index is 6.04. The zero-order chi connectivity index (χ0) is 43.3. The summed E-state index contributed by atoms with van der Waals surface area (Å²) in [6, 6.07) is 69.0. The molecule has 0 radical (unpaired) electrons. The normalized spacial score (nSPS) is 11.9. The number of para-hydroxylation sites is 3. The van der Waals surface area contributed by atoms with Crippen LogP contribution in [0.15, 0.2) is 217 Å². The van der Waals surface area contributed by atoms with Crippen molar-refractivity contribution < 1.29 is 4.42 Å². The van der Waals surface area contributed by atoms with E-state index in [1.54, 1.807) is 6.26 Å². The van der Waals surface area contributed by atoms with Crippen LogP contribution in [0, 0.1) is 0 Å². The molecule has 6 nitrogen and oxygen atoms in total. The molecule has 5 aromatic heterocycles. The summed E-state index contributed by atoms with van der Waals surface area (Å²) in [6.45, 7) is 0. The molecule has 14 aromatic rings. The zero-order valence-corrected chi connectivity index (χ0v) is 35.4. The lowest BCUT2D eigenvalue weighted by Gasteiger charge is -2.15. The Labute approximate surface area is 377 Å². The van der Waals surface area contributed by atoms with Crippen LogP contribution in [0.4, 0.5) is 0 Å². The Balaban J connectivity index is 1.10. The van der Waals surface area contributed by atoms with Crippen LogP contribution in [-0.2, 0) is 0 Å². The zero-order valence-electron chi connectivity index (χ0n) is 35.4. The second-order valence-corrected chi connectivity index (χ2v) is 17.0. The maximum Gasteiger partial charge on any atom is 0.164 e. The van der Waals surface area contributed by atoms with Crippen molar-refractivity contribution in [2.75, 3.05) is 0 Å². The fourth-order valence-corrected chi connectivity index (χ4v) is 10.3. The van der Waals surface area contributed by atoms with Crippen LogP contribution in [0.2, 0.25) is 0 Å². The minimum absolute atomic E-state index is 0.590. The summed E-state index contributed by atoms with van der Waals surface area (Å²) in [4.78, 5) is 20.6. The molecule has 306 valence electrons. The standard InChI is InChI=1S/C60H35N5O/c1-2-11-36(12-3-1)40-24-26-54-51(31-40)52-33-49-44-19-5-4-18-43(44)48-32-41(42-20-8-15-39-27-30-66-59(39)42)23-25-45(48)50(49)34-55(52)65(54)56-35-53(46-21-6-13-37-16-9-28-61-57(37)46)63-60(64-56)47-22-7-14-38-17-10-29-62-58(38)47/h1-35H. The van der Waals surface area contributed by atoms with Crippen molar-refractivity contribution >= 4 is 86.9 Å². The van der Waals surface area contributed by atoms with E-state index in [9.17, 15) is 0 Å². The Hall–Kier alpha value is -9.00. The number of fused-ring (bicyclic) bond motifs is 12. The summed E-state index contributed by atoms with van der Waals surface area (Å²) in [5.74, 6) is 1.34. The molecule has 0 aliphatic heterocycles. The number of hydrogen-bond donors (Lipinski definition) is 0. The highest BCUT2D eigenvalue weighted by Crippen LogP contribution is 2.44. The van der Waals surface area contributed by atoms with Gasteiger partial charge in [-0.1, -0.05) is 133 Å². The number of rotatable bonds is 5. The van der Waals surface area contributed by atoms with Crippen LogP contribution in [0.5, 0.6) is 0 Å². The minimum atomic E-state index is 0.590. The summed E-state index contributed by atoms with van der Waals surface area (Å²) in [7, 11) is 0. The molecule has 0 unspecified atom stereocenters. The molecule has 0 spiro atoms. The van der Waals surface area contributed by atoms with Gasteiger partial charge in [0.25, 0.3) is 0 Å². The number of benzene rings is 9. The smallest absolute Gasteiger partial charge is 0.164 e. The van der Waals surface area contributed by atoms with Crippen LogP contribution >= 0.6 is 0 Å². The molecule has 0 aliphatic carbocycles. The van der Waals surface area contributed by atoms with E-state index in [2.05, 4.69) is 180 Å². The highest BCUT2D eigenvalue weighted by Gasteiger charge is 2.22. The van der Waals surface area contributed by atoms with Gasteiger partial charge < -0.3 is 4.42 Å². The SMILES string of the molecule is c1ccc(-c2ccc3c(c2)c2cc4c5ccccc5c5cc(-c6cccc7ccoc67)ccc5c4cc2n3-c2cc(-c3cccc4cccnc34)nc(-c3cccc4cccnc34)n2)cc1. The Morgan fingerprint density at radius 1 is 0.364 bits per heavy atom. The number of furan rings is 1. The van der Waals surface area contributed by atoms with Crippen molar-refractivity contribution in [1.29, 1.82) is 0 Å². The Bertz CT molecular complexity index is 4190. The Kier molecular flexibility index (Phi) is 7.88. The predicted octanol–water partition coefficient (Wildman–Crippen LogP) is 15.5. The lowest BCUT2D eigenvalue weighted by molar-refractivity contribution is 0.617. The predicted molar refractivity (Wildman–Crippen MR) is 271 cm³/mol. The minimum Gasteiger partial charge on any atom is -0.464 e. The first-order valence-electron chi connectivity index (χ1n) is 22.2. The van der Waals surface area contributed by atoms with Gasteiger partial charge in [-0.05, 0) is 104 Å². The molecule has 66 heavy (non-hydrogen) atoms. The third-order valence-corrected chi connectivity index (χ3v) is 13.3. The van der Waals surface area contributed by atoms with E-state index in [1.165, 1.54) is 26.9 Å². The Morgan fingerprint density at radius 3 is 1.79 bits per heavy atom. The third-order valence-electron chi connectivity index (χ3n) is 13.3. The molecule has 0 atom stereocenters. The van der Waals surface area contributed by atoms with Gasteiger partial charge in [0.05, 0.1) is 34.0 Å². The topological polar surface area (TPSA) is 69.6 Å². The van der Waals surface area contributed by atoms with E-state index in [4.69, 9.17) is 24.4 Å². The summed E-state index contributed by atoms with van der Waals surface area (Å²) in [6.07, 6.45) is 5.45. The van der Waals surface area contributed by atoms with Crippen LogP contribution in [-0.4, -0.2) is 24.5 Å². The monoisotopic (exact) mass is 841 g/mol. The van der Waals surface area contributed by atoms with Gasteiger partial charge in [0.1, 0.15) is 11.4 Å². The van der Waals surface area contributed by atoms with Gasteiger partial charge >= 0.3 is 0 Å². The van der Waals surface area contributed by atoms with Gasteiger partial charge in [-0.15, -0.1) is 0 Å². The molecule has 5 heterocycles. The van der Waals surface area contributed by atoms with E-state index in [1.807, 2.05) is 30.6 Å². The van der Waals surface area contributed by atoms with Gasteiger partial charge in [0, 0.05) is 62.1 Å². The van der Waals surface area contributed by atoms with Crippen LogP contribution in [0.1, 0.15) is 0 Å². The number of hydrogen-bond acceptors (Lipinski definition) is 5. The fourth-order valence-electron chi connectivity index (χ4n) is 10.3. The quantitative estimate of drug-likeness (QED) is 0.161. The molecule has 14 rings (SSSR count). The summed E-state index contributed by atoms with van der Waals surface area (Å²) in [5.41, 5.74) is 11.8. The molecule has 0 aliphatic rings. The van der Waals surface area contributed by atoms with Gasteiger partial charge in [0.15, 0.2) is 5.82 Å². The molecule has 0 N–H and O–H groups in total. The number of pyridine rings is 2. The first-order valence-corrected chi connectivity index (χ1v) is 22.2. The average Bonchev–Trinajstić information content (AvgIpc) is 4.00. The van der Waals surface area contributed by atoms with Crippen molar-refractivity contribution in [2.24, 2.45) is 0 Å². The molecule has 0 amide bonds. The molecular formula is C60H35N5O. The van der Waals surface area contributed by atoms with Gasteiger partial charge in [-0.3, -0.25) is 14.5 Å². The second-order valence-electron chi connectivity index (χ2n) is 17.0. The van der Waals surface area contributed by atoms with Crippen LogP contribution < -0.4 is 0 Å². The van der Waals surface area contributed by atoms with Crippen LogP contribution in [0.25, 0.3) is 138 Å². The third kappa shape index (κ3) is 5.55. The fraction of sp³-hybridized carbons (Fsp3) is 0. The molecule has 6 heteroatoms. The highest BCUT2D eigenvalue weighted by atomic mass is 16.3. The lowest BCUT2D eigenvalue weighted by atomic mass is 9.91. The lowest BCUT2D eigenvalue weighted by Crippen LogP contribution is -2.03. The maximum atomic E-state index is 6.04. The van der Waals surface area contributed by atoms with Crippen molar-refractivity contribution in [3.8, 4) is 50.7 Å². The van der Waals surface area contributed by atoms with Gasteiger partial charge in [0.2, 0.25) is 0 Å². The van der Waals surface area contributed by atoms with E-state index in [0.29, 0.717) is 5.82 Å². The van der Waals surface area contributed by atoms with Crippen molar-refractivity contribution in [3.63, 3.8) is 0 Å².